The van der Waals surface area contributed by atoms with E-state index in [0.717, 1.165) is 25.9 Å². The highest BCUT2D eigenvalue weighted by Crippen LogP contribution is 2.21. The Hall–Kier alpha value is -0.770. The van der Waals surface area contributed by atoms with E-state index in [1.165, 1.54) is 0 Å². The van der Waals surface area contributed by atoms with Crippen LogP contribution in [0.1, 0.15) is 40.5 Å². The van der Waals surface area contributed by atoms with E-state index in [2.05, 4.69) is 24.2 Å². The van der Waals surface area contributed by atoms with Crippen LogP contribution in [0.15, 0.2) is 0 Å². The van der Waals surface area contributed by atoms with Crippen molar-refractivity contribution in [3.8, 4) is 0 Å². The molecule has 0 aliphatic carbocycles. The fraction of sp³-hybridized carbons (Fsp3) is 0.917. The van der Waals surface area contributed by atoms with E-state index in [1.54, 1.807) is 0 Å². The van der Waals surface area contributed by atoms with Crippen LogP contribution in [0.3, 0.4) is 0 Å². The monoisotopic (exact) mass is 228 g/mol. The predicted octanol–water partition coefficient (Wildman–Crippen LogP) is 2.00. The van der Waals surface area contributed by atoms with E-state index in [-0.39, 0.29) is 11.6 Å². The van der Waals surface area contributed by atoms with Crippen molar-refractivity contribution in [3.63, 3.8) is 0 Å². The van der Waals surface area contributed by atoms with Crippen LogP contribution in [0, 0.1) is 0 Å². The first kappa shape index (κ1) is 13.3. The van der Waals surface area contributed by atoms with Gasteiger partial charge < -0.3 is 15.0 Å². The molecule has 94 valence electrons. The van der Waals surface area contributed by atoms with Crippen molar-refractivity contribution in [2.45, 2.75) is 51.7 Å². The molecule has 0 spiro atoms. The lowest BCUT2D eigenvalue weighted by molar-refractivity contribution is 0.0415. The molecule has 1 aliphatic heterocycles. The van der Waals surface area contributed by atoms with Crippen molar-refractivity contribution >= 4 is 6.09 Å². The third-order valence-corrected chi connectivity index (χ3v) is 2.89. The third kappa shape index (κ3) is 4.39. The first-order valence-electron chi connectivity index (χ1n) is 5.90. The molecule has 0 aromatic heterocycles. The summed E-state index contributed by atoms with van der Waals surface area (Å²) >= 11 is 0. The number of ether oxygens (including phenoxy) is 1. The first-order valence-corrected chi connectivity index (χ1v) is 5.90. The molecule has 1 fully saturated rings. The van der Waals surface area contributed by atoms with Crippen LogP contribution in [-0.2, 0) is 4.74 Å². The van der Waals surface area contributed by atoms with E-state index in [1.807, 2.05) is 20.8 Å². The molecule has 1 rings (SSSR count). The largest absolute Gasteiger partial charge is 0.444 e. The van der Waals surface area contributed by atoms with Gasteiger partial charge in [0.1, 0.15) is 5.60 Å². The summed E-state index contributed by atoms with van der Waals surface area (Å²) in [6.07, 6.45) is 1.64. The van der Waals surface area contributed by atoms with Gasteiger partial charge in [-0.25, -0.2) is 4.79 Å². The number of nitrogens with zero attached hydrogens (tertiary/aromatic N) is 1. The smallest absolute Gasteiger partial charge is 0.408 e. The number of likely N-dealkylation sites (tertiary alicyclic amines) is 1. The Kier molecular flexibility index (Phi) is 3.84. The molecule has 1 aliphatic rings. The highest BCUT2D eigenvalue weighted by molar-refractivity contribution is 5.68. The van der Waals surface area contributed by atoms with Crippen LogP contribution in [-0.4, -0.2) is 42.3 Å². The lowest BCUT2D eigenvalue weighted by atomic mass is 9.90. The number of carbonyl (C=O) groups is 1. The normalized spacial score (nSPS) is 21.6. The Bertz CT molecular complexity index is 250. The molecule has 16 heavy (non-hydrogen) atoms. The first-order chi connectivity index (χ1) is 7.20. The summed E-state index contributed by atoms with van der Waals surface area (Å²) < 4.78 is 5.27. The quantitative estimate of drug-likeness (QED) is 0.746. The van der Waals surface area contributed by atoms with Gasteiger partial charge in [-0.05, 0) is 47.6 Å². The Morgan fingerprint density at radius 1 is 1.31 bits per heavy atom. The second-order valence-electron chi connectivity index (χ2n) is 5.99. The molecule has 0 radical (unpaired) electrons. The summed E-state index contributed by atoms with van der Waals surface area (Å²) in [5.74, 6) is 0. The second-order valence-corrected chi connectivity index (χ2v) is 5.99. The summed E-state index contributed by atoms with van der Waals surface area (Å²) in [5.41, 5.74) is -0.541. The number of hydrogen-bond donors (Lipinski definition) is 1. The molecule has 0 atom stereocenters. The predicted molar refractivity (Wildman–Crippen MR) is 64.5 cm³/mol. The molecule has 1 amide bonds. The average Bonchev–Trinajstić information content (AvgIpc) is 2.07. The number of amides is 1. The Balaban J connectivity index is 2.44. The standard InChI is InChI=1S/C12H24N2O2/c1-11(2,3)16-10(15)13-12(4)6-8-14(5)9-7-12/h6-9H2,1-5H3,(H,13,15). The molecule has 4 heteroatoms. The highest BCUT2D eigenvalue weighted by atomic mass is 16.6. The number of hydrogen-bond acceptors (Lipinski definition) is 3. The van der Waals surface area contributed by atoms with Gasteiger partial charge in [0.2, 0.25) is 0 Å². The van der Waals surface area contributed by atoms with Gasteiger partial charge in [0.05, 0.1) is 0 Å². The van der Waals surface area contributed by atoms with Crippen LogP contribution in [0.5, 0.6) is 0 Å². The summed E-state index contributed by atoms with van der Waals surface area (Å²) in [6, 6.07) is 0. The van der Waals surface area contributed by atoms with Crippen molar-refractivity contribution < 1.29 is 9.53 Å². The number of rotatable bonds is 1. The Morgan fingerprint density at radius 3 is 2.25 bits per heavy atom. The molecule has 0 aromatic rings. The van der Waals surface area contributed by atoms with Gasteiger partial charge in [-0.1, -0.05) is 0 Å². The Labute approximate surface area is 98.3 Å². The molecular formula is C12H24N2O2. The molecule has 4 nitrogen and oxygen atoms in total. The SMILES string of the molecule is CN1CCC(C)(NC(=O)OC(C)(C)C)CC1. The van der Waals surface area contributed by atoms with Crippen LogP contribution in [0.4, 0.5) is 4.79 Å². The zero-order chi connectivity index (χ0) is 12.4. The number of piperidine rings is 1. The van der Waals surface area contributed by atoms with Crippen LogP contribution in [0.25, 0.3) is 0 Å². The number of nitrogens with one attached hydrogen (secondary N) is 1. The molecule has 0 saturated carbocycles. The minimum absolute atomic E-state index is 0.116. The molecule has 0 aromatic carbocycles. The van der Waals surface area contributed by atoms with Crippen LogP contribution in [0.2, 0.25) is 0 Å². The van der Waals surface area contributed by atoms with Gasteiger partial charge in [-0.3, -0.25) is 0 Å². The lowest BCUT2D eigenvalue weighted by Crippen LogP contribution is -2.53. The molecule has 1 heterocycles. The van der Waals surface area contributed by atoms with Gasteiger partial charge in [0.15, 0.2) is 0 Å². The van der Waals surface area contributed by atoms with E-state index in [4.69, 9.17) is 4.74 Å². The Morgan fingerprint density at radius 2 is 1.81 bits per heavy atom. The van der Waals surface area contributed by atoms with Crippen LogP contribution < -0.4 is 5.32 Å². The number of carbonyl (C=O) groups excluding carboxylic acids is 1. The van der Waals surface area contributed by atoms with E-state index in [9.17, 15) is 4.79 Å². The molecule has 1 N–H and O–H groups in total. The second kappa shape index (κ2) is 4.62. The van der Waals surface area contributed by atoms with Crippen molar-refractivity contribution in [3.05, 3.63) is 0 Å². The van der Waals surface area contributed by atoms with Gasteiger partial charge in [-0.2, -0.15) is 0 Å². The summed E-state index contributed by atoms with van der Waals surface area (Å²) in [7, 11) is 2.10. The van der Waals surface area contributed by atoms with Crippen LogP contribution >= 0.6 is 0 Å². The fourth-order valence-corrected chi connectivity index (χ4v) is 1.79. The van der Waals surface area contributed by atoms with Gasteiger partial charge >= 0.3 is 6.09 Å². The minimum Gasteiger partial charge on any atom is -0.444 e. The van der Waals surface area contributed by atoms with Gasteiger partial charge in [-0.15, -0.1) is 0 Å². The van der Waals surface area contributed by atoms with Gasteiger partial charge in [0, 0.05) is 18.6 Å². The molecule has 0 bridgehead atoms. The van der Waals surface area contributed by atoms with Crippen molar-refractivity contribution in [1.82, 2.24) is 10.2 Å². The van der Waals surface area contributed by atoms with E-state index in [0.29, 0.717) is 0 Å². The van der Waals surface area contributed by atoms with E-state index < -0.39 is 5.60 Å². The number of alkyl carbamates (subject to hydrolysis) is 1. The summed E-state index contributed by atoms with van der Waals surface area (Å²) in [6.45, 7) is 9.76. The zero-order valence-corrected chi connectivity index (χ0v) is 11.1. The molecule has 0 unspecified atom stereocenters. The maximum absolute atomic E-state index is 11.7. The molecule has 1 saturated heterocycles. The maximum Gasteiger partial charge on any atom is 0.408 e. The lowest BCUT2D eigenvalue weighted by Gasteiger charge is -2.38. The van der Waals surface area contributed by atoms with Crippen molar-refractivity contribution in [1.29, 1.82) is 0 Å². The van der Waals surface area contributed by atoms with Gasteiger partial charge in [0.25, 0.3) is 0 Å². The molecular weight excluding hydrogens is 204 g/mol. The topological polar surface area (TPSA) is 41.6 Å². The maximum atomic E-state index is 11.7. The third-order valence-electron chi connectivity index (χ3n) is 2.89. The van der Waals surface area contributed by atoms with Crippen molar-refractivity contribution in [2.75, 3.05) is 20.1 Å². The summed E-state index contributed by atoms with van der Waals surface area (Å²) in [4.78, 5) is 13.9. The van der Waals surface area contributed by atoms with E-state index >= 15 is 0 Å². The highest BCUT2D eigenvalue weighted by Gasteiger charge is 2.31. The minimum atomic E-state index is -0.425. The van der Waals surface area contributed by atoms with Crippen molar-refractivity contribution in [2.24, 2.45) is 0 Å². The zero-order valence-electron chi connectivity index (χ0n) is 11.1. The summed E-state index contributed by atoms with van der Waals surface area (Å²) in [5, 5.41) is 2.98. The fourth-order valence-electron chi connectivity index (χ4n) is 1.79. The average molecular weight is 228 g/mol.